The van der Waals surface area contributed by atoms with Gasteiger partial charge in [-0.25, -0.2) is 0 Å². The SMILES string of the molecule is CC(Cl)CC(=O)OCCl. The van der Waals surface area contributed by atoms with Gasteiger partial charge in [-0.05, 0) is 6.92 Å². The van der Waals surface area contributed by atoms with E-state index in [2.05, 4.69) is 4.74 Å². The van der Waals surface area contributed by atoms with E-state index >= 15 is 0 Å². The van der Waals surface area contributed by atoms with Gasteiger partial charge in [0, 0.05) is 5.38 Å². The van der Waals surface area contributed by atoms with Crippen LogP contribution in [0.3, 0.4) is 0 Å². The number of carbonyl (C=O) groups is 1. The van der Waals surface area contributed by atoms with Crippen molar-refractivity contribution in [1.29, 1.82) is 0 Å². The van der Waals surface area contributed by atoms with Gasteiger partial charge >= 0.3 is 5.97 Å². The van der Waals surface area contributed by atoms with Crippen molar-refractivity contribution in [3.63, 3.8) is 0 Å². The normalized spacial score (nSPS) is 12.8. The van der Waals surface area contributed by atoms with E-state index in [0.29, 0.717) is 0 Å². The van der Waals surface area contributed by atoms with Crippen LogP contribution < -0.4 is 0 Å². The zero-order valence-corrected chi connectivity index (χ0v) is 6.58. The molecule has 2 nitrogen and oxygen atoms in total. The number of hydrogen-bond donors (Lipinski definition) is 0. The number of alkyl halides is 2. The van der Waals surface area contributed by atoms with Crippen LogP contribution in [0.5, 0.6) is 0 Å². The number of halogens is 2. The molecule has 0 aliphatic rings. The molecular formula is C5H8Cl2O2. The van der Waals surface area contributed by atoms with E-state index in [-0.39, 0.29) is 23.8 Å². The molecule has 0 aliphatic heterocycles. The van der Waals surface area contributed by atoms with Crippen LogP contribution in [0.25, 0.3) is 0 Å². The Balaban J connectivity index is 3.27. The molecule has 0 spiro atoms. The fourth-order valence-electron chi connectivity index (χ4n) is 0.349. The average Bonchev–Trinajstić information content (AvgIpc) is 1.63. The first-order valence-corrected chi connectivity index (χ1v) is 3.49. The lowest BCUT2D eigenvalue weighted by atomic mass is 10.3. The van der Waals surface area contributed by atoms with Gasteiger partial charge in [0.25, 0.3) is 0 Å². The van der Waals surface area contributed by atoms with Crippen molar-refractivity contribution in [1.82, 2.24) is 0 Å². The van der Waals surface area contributed by atoms with Crippen molar-refractivity contribution < 1.29 is 9.53 Å². The first-order valence-electron chi connectivity index (χ1n) is 2.52. The maximum Gasteiger partial charge on any atom is 0.308 e. The predicted molar refractivity (Wildman–Crippen MR) is 36.7 cm³/mol. The van der Waals surface area contributed by atoms with Crippen molar-refractivity contribution >= 4 is 29.2 Å². The largest absolute Gasteiger partial charge is 0.449 e. The van der Waals surface area contributed by atoms with Crippen LogP contribution in [0.15, 0.2) is 0 Å². The lowest BCUT2D eigenvalue weighted by Gasteiger charge is -2.00. The van der Waals surface area contributed by atoms with Gasteiger partial charge in [0.15, 0.2) is 6.07 Å². The molecule has 0 aromatic heterocycles. The first kappa shape index (κ1) is 9.05. The van der Waals surface area contributed by atoms with Gasteiger partial charge in [-0.15, -0.1) is 11.6 Å². The topological polar surface area (TPSA) is 26.3 Å². The Morgan fingerprint density at radius 3 is 2.67 bits per heavy atom. The molecular weight excluding hydrogens is 163 g/mol. The lowest BCUT2D eigenvalue weighted by molar-refractivity contribution is -0.141. The molecule has 0 saturated heterocycles. The zero-order chi connectivity index (χ0) is 7.28. The second-order valence-corrected chi connectivity index (χ2v) is 2.57. The van der Waals surface area contributed by atoms with Gasteiger partial charge in [-0.1, -0.05) is 11.6 Å². The summed E-state index contributed by atoms with van der Waals surface area (Å²) in [7, 11) is 0. The number of rotatable bonds is 3. The molecule has 0 aromatic carbocycles. The standard InChI is InChI=1S/C5H8Cl2O2/c1-4(7)2-5(8)9-3-6/h4H,2-3H2,1H3. The van der Waals surface area contributed by atoms with Gasteiger partial charge in [0.1, 0.15) is 0 Å². The van der Waals surface area contributed by atoms with Crippen molar-refractivity contribution in [2.24, 2.45) is 0 Å². The molecule has 4 heteroatoms. The van der Waals surface area contributed by atoms with E-state index in [1.165, 1.54) is 0 Å². The molecule has 54 valence electrons. The van der Waals surface area contributed by atoms with Gasteiger partial charge in [-0.3, -0.25) is 4.79 Å². The molecule has 0 radical (unpaired) electrons. The molecule has 0 saturated carbocycles. The fraction of sp³-hybridized carbons (Fsp3) is 0.800. The summed E-state index contributed by atoms with van der Waals surface area (Å²) in [5.74, 6) is -0.354. The minimum absolute atomic E-state index is 0.0948. The molecule has 0 rings (SSSR count). The third kappa shape index (κ3) is 5.93. The monoisotopic (exact) mass is 170 g/mol. The number of carbonyl (C=O) groups excluding carboxylic acids is 1. The Bertz CT molecular complexity index is 93.0. The second-order valence-electron chi connectivity index (χ2n) is 1.61. The second kappa shape index (κ2) is 4.89. The zero-order valence-electron chi connectivity index (χ0n) is 5.06. The molecule has 0 aliphatic carbocycles. The van der Waals surface area contributed by atoms with Crippen LogP contribution in [0.2, 0.25) is 0 Å². The van der Waals surface area contributed by atoms with E-state index in [9.17, 15) is 4.79 Å². The molecule has 1 atom stereocenters. The van der Waals surface area contributed by atoms with Crippen LogP contribution in [0.1, 0.15) is 13.3 Å². The Hall–Kier alpha value is 0.0500. The van der Waals surface area contributed by atoms with Crippen molar-refractivity contribution in [2.75, 3.05) is 6.07 Å². The highest BCUT2D eigenvalue weighted by molar-refractivity contribution is 6.21. The summed E-state index contributed by atoms with van der Waals surface area (Å²) in [5, 5.41) is -0.180. The van der Waals surface area contributed by atoms with Gasteiger partial charge in [-0.2, -0.15) is 0 Å². The summed E-state index contributed by atoms with van der Waals surface area (Å²) in [6.45, 7) is 1.72. The quantitative estimate of drug-likeness (QED) is 0.477. The van der Waals surface area contributed by atoms with Crippen LogP contribution in [-0.2, 0) is 9.53 Å². The minimum Gasteiger partial charge on any atom is -0.449 e. The number of esters is 1. The molecule has 0 N–H and O–H groups in total. The maximum atomic E-state index is 10.5. The predicted octanol–water partition coefficient (Wildman–Crippen LogP) is 1.74. The van der Waals surface area contributed by atoms with E-state index in [1.54, 1.807) is 6.92 Å². The molecule has 0 aromatic rings. The molecule has 0 amide bonds. The Morgan fingerprint density at radius 1 is 1.78 bits per heavy atom. The summed E-state index contributed by atoms with van der Waals surface area (Å²) in [6.07, 6.45) is 0.217. The minimum atomic E-state index is -0.354. The third-order valence-electron chi connectivity index (χ3n) is 0.663. The highest BCUT2D eigenvalue weighted by Gasteiger charge is 2.05. The third-order valence-corrected chi connectivity index (χ3v) is 0.927. The smallest absolute Gasteiger partial charge is 0.308 e. The van der Waals surface area contributed by atoms with Crippen LogP contribution in [0.4, 0.5) is 0 Å². The van der Waals surface area contributed by atoms with Gasteiger partial charge in [0.2, 0.25) is 0 Å². The van der Waals surface area contributed by atoms with Gasteiger partial charge < -0.3 is 4.74 Å². The highest BCUT2D eigenvalue weighted by Crippen LogP contribution is 2.01. The molecule has 0 heterocycles. The Kier molecular flexibility index (Phi) is 4.91. The summed E-state index contributed by atoms with van der Waals surface area (Å²) in [5.41, 5.74) is 0. The van der Waals surface area contributed by atoms with Crippen LogP contribution >= 0.6 is 23.2 Å². The van der Waals surface area contributed by atoms with Crippen molar-refractivity contribution in [3.8, 4) is 0 Å². The summed E-state index contributed by atoms with van der Waals surface area (Å²) in [6, 6.07) is -0.0948. The van der Waals surface area contributed by atoms with Crippen molar-refractivity contribution in [3.05, 3.63) is 0 Å². The first-order chi connectivity index (χ1) is 4.16. The van der Waals surface area contributed by atoms with Crippen LogP contribution in [0, 0.1) is 0 Å². The number of ether oxygens (including phenoxy) is 1. The summed E-state index contributed by atoms with van der Waals surface area (Å²) < 4.78 is 4.39. The average molecular weight is 171 g/mol. The van der Waals surface area contributed by atoms with E-state index < -0.39 is 0 Å². The molecule has 0 fully saturated rings. The van der Waals surface area contributed by atoms with Crippen molar-refractivity contribution in [2.45, 2.75) is 18.7 Å². The van der Waals surface area contributed by atoms with Crippen LogP contribution in [-0.4, -0.2) is 17.4 Å². The maximum absolute atomic E-state index is 10.5. The highest BCUT2D eigenvalue weighted by atomic mass is 35.5. The Labute approximate surface area is 64.1 Å². The fourth-order valence-corrected chi connectivity index (χ4v) is 0.597. The van der Waals surface area contributed by atoms with Gasteiger partial charge in [0.05, 0.1) is 6.42 Å². The lowest BCUT2D eigenvalue weighted by Crippen LogP contribution is -2.07. The van der Waals surface area contributed by atoms with E-state index in [0.717, 1.165) is 0 Å². The molecule has 9 heavy (non-hydrogen) atoms. The van der Waals surface area contributed by atoms with E-state index in [4.69, 9.17) is 23.2 Å². The summed E-state index contributed by atoms with van der Waals surface area (Å²) in [4.78, 5) is 10.5. The number of hydrogen-bond acceptors (Lipinski definition) is 2. The van der Waals surface area contributed by atoms with E-state index in [1.807, 2.05) is 0 Å². The summed E-state index contributed by atoms with van der Waals surface area (Å²) >= 11 is 10.6. The molecule has 0 bridgehead atoms. The Morgan fingerprint density at radius 2 is 2.33 bits per heavy atom. The molecule has 1 unspecified atom stereocenters.